The lowest BCUT2D eigenvalue weighted by Gasteiger charge is -2.25. The van der Waals surface area contributed by atoms with E-state index < -0.39 is 29.5 Å². The van der Waals surface area contributed by atoms with Crippen molar-refractivity contribution in [3.8, 4) is 0 Å². The van der Waals surface area contributed by atoms with Crippen LogP contribution >= 0.6 is 0 Å². The molecule has 1 aliphatic heterocycles. The summed E-state index contributed by atoms with van der Waals surface area (Å²) in [5.41, 5.74) is 7.88. The maximum absolute atomic E-state index is 14.4. The molecule has 1 amide bonds. The molecule has 31 heavy (non-hydrogen) atoms. The molecule has 4 rings (SSSR count). The van der Waals surface area contributed by atoms with Gasteiger partial charge in [-0.05, 0) is 32.0 Å². The minimum Gasteiger partial charge on any atom is -0.383 e. The number of anilines is 1. The Morgan fingerprint density at radius 2 is 2.06 bits per heavy atom. The second kappa shape index (κ2) is 7.23. The number of nitrogens with two attached hydrogens (primary N) is 1. The number of fused-ring (bicyclic) bond motifs is 3. The van der Waals surface area contributed by atoms with Crippen LogP contribution in [0.15, 0.2) is 24.3 Å². The molecular weight excluding hydrogens is 416 g/mol. The van der Waals surface area contributed by atoms with Gasteiger partial charge in [-0.3, -0.25) is 4.79 Å². The van der Waals surface area contributed by atoms with E-state index in [0.29, 0.717) is 29.5 Å². The normalized spacial score (nSPS) is 17.1. The molecule has 1 aromatic carbocycles. The Kier molecular flexibility index (Phi) is 4.92. The second-order valence-electron chi connectivity index (χ2n) is 7.61. The van der Waals surface area contributed by atoms with Gasteiger partial charge in [0.05, 0.1) is 35.3 Å². The number of carbonyl (C=O) groups is 1. The Morgan fingerprint density at radius 1 is 1.35 bits per heavy atom. The SMILES string of the molecule is C[C@H](c1ccc(C(F)(F)F)cc1F)N(C)C(=O)c1cc2nc(N)c3c(c2[nH]1)CO[C@@H]3C. The highest BCUT2D eigenvalue weighted by molar-refractivity contribution is 5.98. The van der Waals surface area contributed by atoms with E-state index in [1.165, 1.54) is 18.9 Å². The summed E-state index contributed by atoms with van der Waals surface area (Å²) in [7, 11) is 1.45. The van der Waals surface area contributed by atoms with Gasteiger partial charge in [0.2, 0.25) is 0 Å². The lowest BCUT2D eigenvalue weighted by atomic mass is 10.0. The standard InChI is InChI=1S/C21H20F4N4O2/c1-9(12-5-4-11(6-14(12)22)21(23,24)25)29(3)20(30)16-7-15-18(27-16)13-8-31-10(2)17(13)19(26)28-15/h4-7,9-10,27H,8H2,1-3H3,(H2,26,28)/t9-,10-/m1/s1. The van der Waals surface area contributed by atoms with Gasteiger partial charge in [0.1, 0.15) is 17.3 Å². The lowest BCUT2D eigenvalue weighted by molar-refractivity contribution is -0.137. The number of nitrogens with zero attached hydrogens (tertiary/aromatic N) is 2. The van der Waals surface area contributed by atoms with Crippen molar-refractivity contribution in [3.63, 3.8) is 0 Å². The molecule has 0 spiro atoms. The molecule has 0 aliphatic carbocycles. The molecule has 3 N–H and O–H groups in total. The van der Waals surface area contributed by atoms with Crippen LogP contribution in [0.4, 0.5) is 23.4 Å². The summed E-state index contributed by atoms with van der Waals surface area (Å²) in [6, 6.07) is 3.01. The van der Waals surface area contributed by atoms with E-state index in [1.807, 2.05) is 6.92 Å². The first-order valence-electron chi connectivity index (χ1n) is 9.55. The van der Waals surface area contributed by atoms with Crippen LogP contribution in [-0.4, -0.2) is 27.8 Å². The van der Waals surface area contributed by atoms with E-state index >= 15 is 0 Å². The number of alkyl halides is 3. The highest BCUT2D eigenvalue weighted by Gasteiger charge is 2.32. The molecule has 0 saturated carbocycles. The number of H-pyrrole nitrogens is 1. The van der Waals surface area contributed by atoms with Crippen molar-refractivity contribution in [2.24, 2.45) is 0 Å². The molecule has 3 heterocycles. The zero-order valence-electron chi connectivity index (χ0n) is 17.0. The number of hydrogen-bond acceptors (Lipinski definition) is 4. The summed E-state index contributed by atoms with van der Waals surface area (Å²) in [6.45, 7) is 3.73. The minimum absolute atomic E-state index is 0.0227. The first-order valence-corrected chi connectivity index (χ1v) is 9.55. The number of benzene rings is 1. The van der Waals surface area contributed by atoms with E-state index in [2.05, 4.69) is 9.97 Å². The first kappa shape index (κ1) is 21.1. The first-order chi connectivity index (χ1) is 14.5. The van der Waals surface area contributed by atoms with Gasteiger partial charge in [-0.25, -0.2) is 9.37 Å². The van der Waals surface area contributed by atoms with Crippen LogP contribution in [0.1, 0.15) is 58.7 Å². The van der Waals surface area contributed by atoms with Crippen molar-refractivity contribution in [1.29, 1.82) is 0 Å². The van der Waals surface area contributed by atoms with Crippen LogP contribution in [0.2, 0.25) is 0 Å². The number of rotatable bonds is 3. The molecule has 6 nitrogen and oxygen atoms in total. The number of pyridine rings is 1. The van der Waals surface area contributed by atoms with E-state index in [1.54, 1.807) is 6.07 Å². The maximum Gasteiger partial charge on any atom is 0.416 e. The van der Waals surface area contributed by atoms with Crippen LogP contribution in [0.5, 0.6) is 0 Å². The molecule has 2 atom stereocenters. The summed E-state index contributed by atoms with van der Waals surface area (Å²) in [5.74, 6) is -1.17. The Bertz CT molecular complexity index is 1190. The molecule has 0 saturated heterocycles. The quantitative estimate of drug-likeness (QED) is 0.582. The molecular formula is C21H20F4N4O2. The number of halogens is 4. The molecule has 2 aromatic heterocycles. The number of hydrogen-bond donors (Lipinski definition) is 2. The third kappa shape index (κ3) is 3.50. The predicted octanol–water partition coefficient (Wildman–Crippen LogP) is 4.73. The fraction of sp³-hybridized carbons (Fsp3) is 0.333. The average molecular weight is 436 g/mol. The zero-order valence-corrected chi connectivity index (χ0v) is 17.0. The van der Waals surface area contributed by atoms with Gasteiger partial charge in [-0.15, -0.1) is 0 Å². The second-order valence-corrected chi connectivity index (χ2v) is 7.61. The smallest absolute Gasteiger partial charge is 0.383 e. The van der Waals surface area contributed by atoms with Crippen molar-refractivity contribution >= 4 is 22.8 Å². The van der Waals surface area contributed by atoms with Gasteiger partial charge in [0, 0.05) is 23.7 Å². The van der Waals surface area contributed by atoms with Crippen LogP contribution in [0.3, 0.4) is 0 Å². The number of nitrogen functional groups attached to an aromatic ring is 1. The Labute approximate surface area is 175 Å². The van der Waals surface area contributed by atoms with Gasteiger partial charge in [-0.2, -0.15) is 13.2 Å². The van der Waals surface area contributed by atoms with E-state index in [4.69, 9.17) is 10.5 Å². The van der Waals surface area contributed by atoms with Crippen LogP contribution in [0.25, 0.3) is 11.0 Å². The van der Waals surface area contributed by atoms with Gasteiger partial charge >= 0.3 is 6.18 Å². The fourth-order valence-corrected chi connectivity index (χ4v) is 3.87. The summed E-state index contributed by atoms with van der Waals surface area (Å²) in [4.78, 5) is 21.6. The molecule has 164 valence electrons. The Hall–Kier alpha value is -3.14. The molecule has 0 bridgehead atoms. The number of aromatic nitrogens is 2. The van der Waals surface area contributed by atoms with Crippen molar-refractivity contribution < 1.29 is 27.1 Å². The molecule has 1 aliphatic rings. The number of amides is 1. The van der Waals surface area contributed by atoms with Crippen molar-refractivity contribution in [2.45, 2.75) is 38.8 Å². The largest absolute Gasteiger partial charge is 0.416 e. The lowest BCUT2D eigenvalue weighted by Crippen LogP contribution is -2.30. The minimum atomic E-state index is -4.65. The van der Waals surface area contributed by atoms with Gasteiger partial charge in [0.25, 0.3) is 5.91 Å². The average Bonchev–Trinajstić information content (AvgIpc) is 3.29. The summed E-state index contributed by atoms with van der Waals surface area (Å²) in [6.07, 6.45) is -4.86. The molecule has 0 unspecified atom stereocenters. The molecule has 10 heteroatoms. The van der Waals surface area contributed by atoms with Gasteiger partial charge in [0.15, 0.2) is 0 Å². The van der Waals surface area contributed by atoms with Crippen LogP contribution in [0, 0.1) is 5.82 Å². The van der Waals surface area contributed by atoms with Gasteiger partial charge < -0.3 is 20.4 Å². The fourth-order valence-electron chi connectivity index (χ4n) is 3.87. The van der Waals surface area contributed by atoms with Crippen LogP contribution < -0.4 is 5.73 Å². The number of ether oxygens (including phenoxy) is 1. The van der Waals surface area contributed by atoms with Crippen molar-refractivity contribution in [2.75, 3.05) is 12.8 Å². The van der Waals surface area contributed by atoms with E-state index in [-0.39, 0.29) is 17.4 Å². The van der Waals surface area contributed by atoms with Crippen molar-refractivity contribution in [3.05, 3.63) is 58.0 Å². The van der Waals surface area contributed by atoms with E-state index in [9.17, 15) is 22.4 Å². The highest BCUT2D eigenvalue weighted by Crippen LogP contribution is 2.38. The summed E-state index contributed by atoms with van der Waals surface area (Å²) >= 11 is 0. The monoisotopic (exact) mass is 436 g/mol. The van der Waals surface area contributed by atoms with Crippen LogP contribution in [-0.2, 0) is 17.5 Å². The van der Waals surface area contributed by atoms with E-state index in [0.717, 1.165) is 23.3 Å². The molecule has 0 radical (unpaired) electrons. The molecule has 0 fully saturated rings. The van der Waals surface area contributed by atoms with Crippen molar-refractivity contribution in [1.82, 2.24) is 14.9 Å². The number of aromatic amines is 1. The number of nitrogens with one attached hydrogen (secondary N) is 1. The maximum atomic E-state index is 14.4. The third-order valence-electron chi connectivity index (χ3n) is 5.73. The third-order valence-corrected chi connectivity index (χ3v) is 5.73. The molecule has 3 aromatic rings. The topological polar surface area (TPSA) is 84.2 Å². The predicted molar refractivity (Wildman–Crippen MR) is 106 cm³/mol. The Balaban J connectivity index is 1.65. The zero-order chi connectivity index (χ0) is 22.7. The Morgan fingerprint density at radius 3 is 2.71 bits per heavy atom. The summed E-state index contributed by atoms with van der Waals surface area (Å²) in [5, 5.41) is 0. The number of carbonyl (C=O) groups excluding carboxylic acids is 1. The summed E-state index contributed by atoms with van der Waals surface area (Å²) < 4.78 is 58.4. The highest BCUT2D eigenvalue weighted by atomic mass is 19.4. The van der Waals surface area contributed by atoms with Gasteiger partial charge in [-0.1, -0.05) is 6.07 Å².